The van der Waals surface area contributed by atoms with E-state index in [0.717, 1.165) is 32.1 Å². The molecule has 0 radical (unpaired) electrons. The maximum Gasteiger partial charge on any atom is 0.264 e. The lowest BCUT2D eigenvalue weighted by atomic mass is 9.85. The first-order valence-electron chi connectivity index (χ1n) is 8.31. The molecule has 4 nitrogen and oxygen atoms in total. The van der Waals surface area contributed by atoms with Gasteiger partial charge in [-0.2, -0.15) is 8.42 Å². The minimum Gasteiger partial charge on any atom is -0.293 e. The summed E-state index contributed by atoms with van der Waals surface area (Å²) >= 11 is 0. The number of hydrogen-bond acceptors (Lipinski definition) is 4. The molecule has 0 saturated carbocycles. The van der Waals surface area contributed by atoms with Crippen molar-refractivity contribution in [2.24, 2.45) is 5.41 Å². The molecule has 0 aromatic heterocycles. The van der Waals surface area contributed by atoms with Crippen molar-refractivity contribution in [1.29, 1.82) is 0 Å². The van der Waals surface area contributed by atoms with Crippen molar-refractivity contribution in [2.75, 3.05) is 12.9 Å². The second kappa shape index (κ2) is 7.32. The summed E-state index contributed by atoms with van der Waals surface area (Å²) < 4.78 is 27.3. The van der Waals surface area contributed by atoms with Crippen LogP contribution in [0, 0.1) is 5.41 Å². The van der Waals surface area contributed by atoms with E-state index in [1.54, 1.807) is 0 Å². The first-order chi connectivity index (χ1) is 10.7. The van der Waals surface area contributed by atoms with Crippen molar-refractivity contribution in [3.63, 3.8) is 0 Å². The minimum atomic E-state index is -3.35. The van der Waals surface area contributed by atoms with Gasteiger partial charge in [-0.25, -0.2) is 0 Å². The predicted molar refractivity (Wildman–Crippen MR) is 93.7 cm³/mol. The highest BCUT2D eigenvalue weighted by Gasteiger charge is 2.39. The number of rotatable bonds is 6. The number of likely N-dealkylation sites (tertiary alicyclic amines) is 1. The van der Waals surface area contributed by atoms with Crippen LogP contribution in [-0.2, 0) is 20.8 Å². The maximum absolute atomic E-state index is 11.2. The summed E-state index contributed by atoms with van der Waals surface area (Å²) in [7, 11) is -3.35. The molecule has 0 aliphatic carbocycles. The van der Waals surface area contributed by atoms with E-state index in [-0.39, 0.29) is 12.0 Å². The minimum absolute atomic E-state index is 0.210. The third kappa shape index (κ3) is 5.59. The molecule has 23 heavy (non-hydrogen) atoms. The molecule has 0 bridgehead atoms. The van der Waals surface area contributed by atoms with Gasteiger partial charge in [0, 0.05) is 18.6 Å². The summed E-state index contributed by atoms with van der Waals surface area (Å²) in [6, 6.07) is 11.4. The summed E-state index contributed by atoms with van der Waals surface area (Å²) in [4.78, 5) is 2.54. The van der Waals surface area contributed by atoms with Gasteiger partial charge in [-0.05, 0) is 30.2 Å². The highest BCUT2D eigenvalue weighted by atomic mass is 32.2. The fourth-order valence-electron chi connectivity index (χ4n) is 3.55. The monoisotopic (exact) mass is 339 g/mol. The van der Waals surface area contributed by atoms with Crippen molar-refractivity contribution in [2.45, 2.75) is 58.7 Å². The lowest BCUT2D eigenvalue weighted by Crippen LogP contribution is -2.43. The van der Waals surface area contributed by atoms with Crippen molar-refractivity contribution >= 4 is 10.1 Å². The molecule has 0 unspecified atom stereocenters. The molecule has 1 aromatic rings. The van der Waals surface area contributed by atoms with Crippen molar-refractivity contribution < 1.29 is 12.6 Å². The Kier molecular flexibility index (Phi) is 5.87. The number of nitrogens with zero attached hydrogens (tertiary/aromatic N) is 1. The molecule has 0 amide bonds. The van der Waals surface area contributed by atoms with Gasteiger partial charge in [-0.1, -0.05) is 51.1 Å². The predicted octanol–water partition coefficient (Wildman–Crippen LogP) is 3.43. The molecule has 2 rings (SSSR count). The van der Waals surface area contributed by atoms with Gasteiger partial charge in [-0.15, -0.1) is 0 Å². The fraction of sp³-hybridized carbons (Fsp3) is 0.667. The Morgan fingerprint density at radius 3 is 2.39 bits per heavy atom. The summed E-state index contributed by atoms with van der Waals surface area (Å²) in [6.07, 6.45) is 4.12. The summed E-state index contributed by atoms with van der Waals surface area (Å²) in [5, 5.41) is 0. The van der Waals surface area contributed by atoms with Crippen LogP contribution in [0.15, 0.2) is 30.3 Å². The lowest BCUT2D eigenvalue weighted by Gasteiger charge is -2.38. The average Bonchev–Trinajstić information content (AvgIpc) is 2.81. The van der Waals surface area contributed by atoms with E-state index < -0.39 is 10.1 Å². The van der Waals surface area contributed by atoms with E-state index in [1.807, 2.05) is 6.07 Å². The van der Waals surface area contributed by atoms with Gasteiger partial charge in [0.2, 0.25) is 0 Å². The van der Waals surface area contributed by atoms with Crippen LogP contribution in [0.1, 0.15) is 45.6 Å². The Morgan fingerprint density at radius 2 is 1.83 bits per heavy atom. The second-order valence-electron chi connectivity index (χ2n) is 7.59. The Hall–Kier alpha value is -0.910. The van der Waals surface area contributed by atoms with E-state index in [9.17, 15) is 8.42 Å². The van der Waals surface area contributed by atoms with E-state index >= 15 is 0 Å². The van der Waals surface area contributed by atoms with Crippen molar-refractivity contribution in [3.05, 3.63) is 35.9 Å². The standard InChI is InChI=1S/C18H29NO3S/c1-18(2,3)17-11-10-16(12-13-22-23(4,20)21)19(17)14-15-8-6-5-7-9-15/h5-9,16-17H,10-14H2,1-4H3/t16-,17+/m1/s1. The molecule has 1 saturated heterocycles. The molecule has 130 valence electrons. The fourth-order valence-corrected chi connectivity index (χ4v) is 3.95. The van der Waals surface area contributed by atoms with Crippen molar-refractivity contribution in [1.82, 2.24) is 4.90 Å². The Balaban J connectivity index is 2.07. The van der Waals surface area contributed by atoms with Gasteiger partial charge in [0.1, 0.15) is 0 Å². The summed E-state index contributed by atoms with van der Waals surface area (Å²) in [5.41, 5.74) is 1.51. The maximum atomic E-state index is 11.2. The second-order valence-corrected chi connectivity index (χ2v) is 9.23. The Labute approximate surface area is 141 Å². The molecule has 5 heteroatoms. The van der Waals surface area contributed by atoms with E-state index in [1.165, 1.54) is 5.56 Å². The highest BCUT2D eigenvalue weighted by Crippen LogP contribution is 2.38. The van der Waals surface area contributed by atoms with Crippen molar-refractivity contribution in [3.8, 4) is 0 Å². The Bertz CT molecular complexity index is 592. The van der Waals surface area contributed by atoms with Gasteiger partial charge < -0.3 is 0 Å². The zero-order valence-corrected chi connectivity index (χ0v) is 15.5. The van der Waals surface area contributed by atoms with Crippen LogP contribution in [0.4, 0.5) is 0 Å². The largest absolute Gasteiger partial charge is 0.293 e. The molecule has 1 aliphatic rings. The normalized spacial score (nSPS) is 23.3. The number of benzene rings is 1. The topological polar surface area (TPSA) is 46.6 Å². The van der Waals surface area contributed by atoms with E-state index in [4.69, 9.17) is 4.18 Å². The van der Waals surface area contributed by atoms with Gasteiger partial charge in [0.25, 0.3) is 10.1 Å². The molecule has 0 N–H and O–H groups in total. The van der Waals surface area contributed by atoms with E-state index in [0.29, 0.717) is 12.1 Å². The van der Waals surface area contributed by atoms with Crippen LogP contribution in [0.3, 0.4) is 0 Å². The molecule has 0 spiro atoms. The first kappa shape index (κ1) is 18.4. The quantitative estimate of drug-likeness (QED) is 0.745. The molecule has 1 aliphatic heterocycles. The molecular weight excluding hydrogens is 310 g/mol. The molecule has 1 fully saturated rings. The smallest absolute Gasteiger partial charge is 0.264 e. The summed E-state index contributed by atoms with van der Waals surface area (Å²) in [6.45, 7) is 8.03. The molecule has 1 heterocycles. The third-order valence-corrected chi connectivity index (χ3v) is 5.19. The van der Waals surface area contributed by atoms with Crippen LogP contribution in [0.25, 0.3) is 0 Å². The zero-order valence-electron chi connectivity index (χ0n) is 14.7. The van der Waals surface area contributed by atoms with Crippen LogP contribution in [0.2, 0.25) is 0 Å². The van der Waals surface area contributed by atoms with Gasteiger partial charge >= 0.3 is 0 Å². The zero-order chi connectivity index (χ0) is 17.1. The Morgan fingerprint density at radius 1 is 1.17 bits per heavy atom. The first-order valence-corrected chi connectivity index (χ1v) is 10.1. The SMILES string of the molecule is CC(C)(C)[C@@H]1CC[C@H](CCOS(C)(=O)=O)N1Cc1ccccc1. The van der Waals surface area contributed by atoms with Gasteiger partial charge in [-0.3, -0.25) is 9.08 Å². The number of hydrogen-bond donors (Lipinski definition) is 0. The van der Waals surface area contributed by atoms with Crippen LogP contribution < -0.4 is 0 Å². The van der Waals surface area contributed by atoms with Gasteiger partial charge in [0.15, 0.2) is 0 Å². The average molecular weight is 340 g/mol. The molecular formula is C18H29NO3S. The molecule has 2 atom stereocenters. The van der Waals surface area contributed by atoms with Crippen LogP contribution in [0.5, 0.6) is 0 Å². The lowest BCUT2D eigenvalue weighted by molar-refractivity contribution is 0.0905. The van der Waals surface area contributed by atoms with Crippen LogP contribution >= 0.6 is 0 Å². The van der Waals surface area contributed by atoms with Crippen LogP contribution in [-0.4, -0.2) is 38.3 Å². The van der Waals surface area contributed by atoms with E-state index in [2.05, 4.69) is 49.9 Å². The third-order valence-electron chi connectivity index (χ3n) is 4.60. The highest BCUT2D eigenvalue weighted by molar-refractivity contribution is 7.85. The molecule has 1 aromatic carbocycles. The summed E-state index contributed by atoms with van der Waals surface area (Å²) in [5.74, 6) is 0. The van der Waals surface area contributed by atoms with Gasteiger partial charge in [0.05, 0.1) is 12.9 Å².